The number of hydrogen-bond donors (Lipinski definition) is 3. The van der Waals surface area contributed by atoms with Crippen molar-refractivity contribution in [3.63, 3.8) is 0 Å². The highest BCUT2D eigenvalue weighted by molar-refractivity contribution is 7.71. The molecule has 0 unspecified atom stereocenters. The summed E-state index contributed by atoms with van der Waals surface area (Å²) in [6.45, 7) is -0.0925. The van der Waals surface area contributed by atoms with Crippen LogP contribution in [0.3, 0.4) is 0 Å². The van der Waals surface area contributed by atoms with E-state index in [2.05, 4.69) is 9.97 Å². The molecule has 0 aliphatic rings. The SMILES string of the molecule is Cn1c(=O)[nH]c(=O)c2c1[nH]c(=S)n2C[C@@H](O)COc1ccc(Cl)cc1Cl. The molecule has 0 saturated carbocycles. The van der Waals surface area contributed by atoms with E-state index in [1.807, 2.05) is 0 Å². The number of H-pyrrole nitrogens is 2. The molecule has 26 heavy (non-hydrogen) atoms. The molecule has 0 fully saturated rings. The minimum atomic E-state index is -0.982. The monoisotopic (exact) mass is 416 g/mol. The standard InChI is InChI=1S/C15H14Cl2N4O4S/c1-20-12-11(13(23)19-14(20)24)21(15(26)18-12)5-8(22)6-25-10-3-2-7(16)4-9(10)17/h2-4,8,22H,5-6H2,1H3,(H,18,26)(H,19,23,24)/t8-/m1/s1. The van der Waals surface area contributed by atoms with Crippen LogP contribution < -0.4 is 16.0 Å². The lowest BCUT2D eigenvalue weighted by molar-refractivity contribution is 0.0931. The van der Waals surface area contributed by atoms with Crippen LogP contribution in [0.2, 0.25) is 10.0 Å². The van der Waals surface area contributed by atoms with Gasteiger partial charge < -0.3 is 19.4 Å². The van der Waals surface area contributed by atoms with E-state index in [0.29, 0.717) is 15.8 Å². The highest BCUT2D eigenvalue weighted by atomic mass is 35.5. The minimum absolute atomic E-state index is 0.00861. The summed E-state index contributed by atoms with van der Waals surface area (Å²) in [7, 11) is 1.50. The number of aromatic nitrogens is 4. The van der Waals surface area contributed by atoms with Crippen molar-refractivity contribution in [3.8, 4) is 5.75 Å². The Morgan fingerprint density at radius 1 is 1.31 bits per heavy atom. The summed E-state index contributed by atoms with van der Waals surface area (Å²) >= 11 is 17.0. The molecule has 0 amide bonds. The van der Waals surface area contributed by atoms with Gasteiger partial charge in [0.05, 0.1) is 11.6 Å². The first-order valence-electron chi connectivity index (χ1n) is 7.45. The average molecular weight is 417 g/mol. The lowest BCUT2D eigenvalue weighted by Gasteiger charge is -2.14. The Balaban J connectivity index is 1.84. The van der Waals surface area contributed by atoms with E-state index in [1.165, 1.54) is 22.2 Å². The molecule has 3 N–H and O–H groups in total. The van der Waals surface area contributed by atoms with E-state index in [4.69, 9.17) is 40.2 Å². The van der Waals surface area contributed by atoms with Crippen LogP contribution in [0, 0.1) is 4.77 Å². The number of aromatic amines is 2. The quantitative estimate of drug-likeness (QED) is 0.550. The van der Waals surface area contributed by atoms with Gasteiger partial charge in [-0.1, -0.05) is 23.2 Å². The molecule has 0 saturated heterocycles. The number of rotatable bonds is 5. The molecule has 3 rings (SSSR count). The summed E-state index contributed by atoms with van der Waals surface area (Å²) in [6.07, 6.45) is -0.982. The first-order valence-corrected chi connectivity index (χ1v) is 8.62. The van der Waals surface area contributed by atoms with Gasteiger partial charge in [0.25, 0.3) is 5.56 Å². The van der Waals surface area contributed by atoms with Gasteiger partial charge in [-0.05, 0) is 30.4 Å². The lowest BCUT2D eigenvalue weighted by Crippen LogP contribution is -2.30. The van der Waals surface area contributed by atoms with Gasteiger partial charge in [-0.15, -0.1) is 0 Å². The molecule has 0 bridgehead atoms. The zero-order valence-corrected chi connectivity index (χ0v) is 15.8. The fourth-order valence-corrected chi connectivity index (χ4v) is 3.21. The number of aliphatic hydroxyl groups excluding tert-OH is 1. The van der Waals surface area contributed by atoms with Crippen molar-refractivity contribution in [1.29, 1.82) is 0 Å². The number of hydrogen-bond acceptors (Lipinski definition) is 5. The minimum Gasteiger partial charge on any atom is -0.489 e. The van der Waals surface area contributed by atoms with E-state index >= 15 is 0 Å². The summed E-state index contributed by atoms with van der Waals surface area (Å²) in [5.74, 6) is 0.373. The summed E-state index contributed by atoms with van der Waals surface area (Å²) in [5, 5.41) is 11.1. The molecule has 138 valence electrons. The molecular formula is C15H14Cl2N4O4S. The second kappa shape index (κ2) is 7.28. The van der Waals surface area contributed by atoms with Gasteiger partial charge in [0.1, 0.15) is 24.1 Å². The molecule has 3 aromatic rings. The third-order valence-electron chi connectivity index (χ3n) is 3.76. The van der Waals surface area contributed by atoms with Crippen molar-refractivity contribution in [2.75, 3.05) is 6.61 Å². The van der Waals surface area contributed by atoms with Gasteiger partial charge in [-0.3, -0.25) is 14.3 Å². The number of aryl methyl sites for hydroxylation is 1. The predicted octanol–water partition coefficient (Wildman–Crippen LogP) is 1.83. The smallest absolute Gasteiger partial charge is 0.329 e. The van der Waals surface area contributed by atoms with Crippen LogP contribution in [-0.2, 0) is 13.6 Å². The third-order valence-corrected chi connectivity index (χ3v) is 4.61. The molecule has 0 aliphatic heterocycles. The van der Waals surface area contributed by atoms with E-state index in [0.717, 1.165) is 0 Å². The fraction of sp³-hybridized carbons (Fsp3) is 0.267. The van der Waals surface area contributed by atoms with E-state index < -0.39 is 17.4 Å². The van der Waals surface area contributed by atoms with Gasteiger partial charge in [0.15, 0.2) is 10.3 Å². The van der Waals surface area contributed by atoms with Crippen LogP contribution in [0.5, 0.6) is 5.75 Å². The second-order valence-corrected chi connectivity index (χ2v) is 6.83. The van der Waals surface area contributed by atoms with Crippen LogP contribution in [-0.4, -0.2) is 36.9 Å². The third kappa shape index (κ3) is 3.56. The Morgan fingerprint density at radius 3 is 2.73 bits per heavy atom. The van der Waals surface area contributed by atoms with E-state index in [9.17, 15) is 14.7 Å². The van der Waals surface area contributed by atoms with Crippen LogP contribution in [0.25, 0.3) is 11.2 Å². The maximum atomic E-state index is 12.1. The highest BCUT2D eigenvalue weighted by Crippen LogP contribution is 2.27. The van der Waals surface area contributed by atoms with E-state index in [1.54, 1.807) is 12.1 Å². The van der Waals surface area contributed by atoms with Gasteiger partial charge in [-0.2, -0.15) is 0 Å². The molecule has 0 aliphatic carbocycles. The highest BCUT2D eigenvalue weighted by Gasteiger charge is 2.16. The normalized spacial score (nSPS) is 12.5. The summed E-state index contributed by atoms with van der Waals surface area (Å²) in [5.41, 5.74) is -0.713. The molecule has 1 aromatic carbocycles. The number of imidazole rings is 1. The number of nitrogens with zero attached hydrogens (tertiary/aromatic N) is 2. The van der Waals surface area contributed by atoms with Gasteiger partial charge in [0, 0.05) is 12.1 Å². The Hall–Kier alpha value is -2.07. The van der Waals surface area contributed by atoms with Crippen molar-refractivity contribution in [3.05, 3.63) is 53.9 Å². The first-order chi connectivity index (χ1) is 12.3. The van der Waals surface area contributed by atoms with Crippen LogP contribution >= 0.6 is 35.4 Å². The van der Waals surface area contributed by atoms with Crippen LogP contribution in [0.4, 0.5) is 0 Å². The number of halogens is 2. The van der Waals surface area contributed by atoms with Gasteiger partial charge in [0.2, 0.25) is 0 Å². The molecule has 8 nitrogen and oxygen atoms in total. The topological polar surface area (TPSA) is 105 Å². The molecule has 11 heteroatoms. The number of aliphatic hydroxyl groups is 1. The molecule has 0 radical (unpaired) electrons. The van der Waals surface area contributed by atoms with Crippen LogP contribution in [0.15, 0.2) is 27.8 Å². The second-order valence-electron chi connectivity index (χ2n) is 5.60. The Kier molecular flexibility index (Phi) is 5.24. The zero-order chi connectivity index (χ0) is 19.0. The first kappa shape index (κ1) is 18.7. The number of benzene rings is 1. The van der Waals surface area contributed by atoms with Crippen molar-refractivity contribution in [2.24, 2.45) is 7.05 Å². The summed E-state index contributed by atoms with van der Waals surface area (Å²) in [4.78, 5) is 28.8. The predicted molar refractivity (Wildman–Crippen MR) is 101 cm³/mol. The number of nitrogens with one attached hydrogen (secondary N) is 2. The molecule has 2 aromatic heterocycles. The molecule has 1 atom stereocenters. The van der Waals surface area contributed by atoms with Crippen molar-refractivity contribution in [2.45, 2.75) is 12.6 Å². The number of ether oxygens (including phenoxy) is 1. The summed E-state index contributed by atoms with van der Waals surface area (Å²) in [6, 6.07) is 4.74. The maximum Gasteiger partial charge on any atom is 0.329 e. The lowest BCUT2D eigenvalue weighted by atomic mass is 10.3. The van der Waals surface area contributed by atoms with Crippen molar-refractivity contribution in [1.82, 2.24) is 19.1 Å². The maximum absolute atomic E-state index is 12.1. The Morgan fingerprint density at radius 2 is 2.04 bits per heavy atom. The fourth-order valence-electron chi connectivity index (χ4n) is 2.49. The average Bonchev–Trinajstić information content (AvgIpc) is 2.89. The molecule has 0 spiro atoms. The zero-order valence-electron chi connectivity index (χ0n) is 13.5. The number of fused-ring (bicyclic) bond motifs is 1. The van der Waals surface area contributed by atoms with E-state index in [-0.39, 0.29) is 29.1 Å². The molecule has 2 heterocycles. The molecular weight excluding hydrogens is 403 g/mol. The Labute approximate surface area is 161 Å². The van der Waals surface area contributed by atoms with Crippen molar-refractivity contribution >= 4 is 46.6 Å². The van der Waals surface area contributed by atoms with Gasteiger partial charge >= 0.3 is 5.69 Å². The Bertz CT molecular complexity index is 1150. The van der Waals surface area contributed by atoms with Crippen molar-refractivity contribution < 1.29 is 9.84 Å². The largest absolute Gasteiger partial charge is 0.489 e. The van der Waals surface area contributed by atoms with Gasteiger partial charge in [-0.25, -0.2) is 4.79 Å². The summed E-state index contributed by atoms with van der Waals surface area (Å²) < 4.78 is 8.34. The van der Waals surface area contributed by atoms with Crippen LogP contribution in [0.1, 0.15) is 0 Å².